The minimum atomic E-state index is -0.517. The van der Waals surface area contributed by atoms with Crippen molar-refractivity contribution < 1.29 is 9.59 Å². The largest absolute Gasteiger partial charge is 0.354 e. The van der Waals surface area contributed by atoms with Crippen LogP contribution in [0.2, 0.25) is 5.02 Å². The van der Waals surface area contributed by atoms with Gasteiger partial charge in [-0.25, -0.2) is 0 Å². The highest BCUT2D eigenvalue weighted by Crippen LogP contribution is 2.22. The van der Waals surface area contributed by atoms with Crippen molar-refractivity contribution >= 4 is 51.1 Å². The molecular weight excluding hydrogens is 496 g/mol. The summed E-state index contributed by atoms with van der Waals surface area (Å²) in [5.74, 6) is 0.726. The van der Waals surface area contributed by atoms with Crippen LogP contribution in [0, 0.1) is 0 Å². The van der Waals surface area contributed by atoms with Crippen molar-refractivity contribution in [2.24, 2.45) is 0 Å². The zero-order chi connectivity index (χ0) is 22.6. The molecule has 2 amide bonds. The van der Waals surface area contributed by atoms with Gasteiger partial charge in [0.1, 0.15) is 6.04 Å². The molecule has 0 spiro atoms. The van der Waals surface area contributed by atoms with Crippen LogP contribution in [0.5, 0.6) is 0 Å². The summed E-state index contributed by atoms with van der Waals surface area (Å²) in [6.07, 6.45) is 3.10. The smallest absolute Gasteiger partial charge is 0.242 e. The summed E-state index contributed by atoms with van der Waals surface area (Å²) in [4.78, 5) is 28.5. The molecule has 0 aliphatic rings. The third-order valence-electron chi connectivity index (χ3n) is 4.88. The van der Waals surface area contributed by atoms with Crippen LogP contribution in [0.15, 0.2) is 57.9 Å². The minimum absolute atomic E-state index is 0.00207. The lowest BCUT2D eigenvalue weighted by molar-refractivity contribution is -0.140. The number of amides is 2. The molecule has 2 aromatic carbocycles. The van der Waals surface area contributed by atoms with Crippen LogP contribution in [0.3, 0.4) is 0 Å². The van der Waals surface area contributed by atoms with Crippen molar-refractivity contribution in [3.63, 3.8) is 0 Å². The van der Waals surface area contributed by atoms with Crippen molar-refractivity contribution in [2.45, 2.75) is 57.0 Å². The molecule has 0 aromatic heterocycles. The predicted octanol–water partition coefficient (Wildman–Crippen LogP) is 6.31. The lowest BCUT2D eigenvalue weighted by Crippen LogP contribution is -2.47. The maximum atomic E-state index is 13.1. The van der Waals surface area contributed by atoms with Gasteiger partial charge in [-0.3, -0.25) is 9.59 Å². The number of thioether (sulfide) groups is 1. The van der Waals surface area contributed by atoms with E-state index < -0.39 is 6.04 Å². The molecule has 0 aliphatic heterocycles. The number of hydrogen-bond donors (Lipinski definition) is 1. The third-order valence-corrected chi connectivity index (χ3v) is 6.76. The van der Waals surface area contributed by atoms with Gasteiger partial charge in [0, 0.05) is 33.9 Å². The highest BCUT2D eigenvalue weighted by molar-refractivity contribution is 9.10. The molecule has 2 aromatic rings. The number of nitrogens with one attached hydrogen (secondary N) is 1. The van der Waals surface area contributed by atoms with Crippen molar-refractivity contribution in [1.82, 2.24) is 10.2 Å². The van der Waals surface area contributed by atoms with Gasteiger partial charge in [-0.1, -0.05) is 53.0 Å². The fraction of sp³-hybridized carbons (Fsp3) is 0.417. The van der Waals surface area contributed by atoms with Crippen molar-refractivity contribution in [2.75, 3.05) is 12.3 Å². The predicted molar refractivity (Wildman–Crippen MR) is 133 cm³/mol. The highest BCUT2D eigenvalue weighted by Gasteiger charge is 2.25. The van der Waals surface area contributed by atoms with E-state index in [0.29, 0.717) is 24.5 Å². The van der Waals surface area contributed by atoms with Crippen molar-refractivity contribution in [1.29, 1.82) is 0 Å². The molecule has 0 aliphatic carbocycles. The first-order chi connectivity index (χ1) is 14.9. The summed E-state index contributed by atoms with van der Waals surface area (Å²) in [5, 5.41) is 3.67. The molecule has 168 valence electrons. The number of carbonyl (C=O) groups is 2. The average molecular weight is 526 g/mol. The monoisotopic (exact) mass is 524 g/mol. The first-order valence-corrected chi connectivity index (χ1v) is 12.8. The first kappa shape index (κ1) is 25.8. The number of rotatable bonds is 12. The highest BCUT2D eigenvalue weighted by atomic mass is 79.9. The SMILES string of the molecule is CCCCNC(=O)[C@@H](C)N(Cc1ccc(Br)cc1)C(=O)CCCSc1ccc(Cl)cc1. The molecule has 0 fully saturated rings. The molecular formula is C24H30BrClN2O2S. The van der Waals surface area contributed by atoms with Crippen LogP contribution in [-0.2, 0) is 16.1 Å². The summed E-state index contributed by atoms with van der Waals surface area (Å²) >= 11 is 11.1. The summed E-state index contributed by atoms with van der Waals surface area (Å²) in [7, 11) is 0. The van der Waals surface area contributed by atoms with Gasteiger partial charge < -0.3 is 10.2 Å². The Kier molecular flexibility index (Phi) is 11.5. The van der Waals surface area contributed by atoms with E-state index >= 15 is 0 Å². The first-order valence-electron chi connectivity index (χ1n) is 10.6. The molecule has 2 rings (SSSR count). The molecule has 0 unspecified atom stereocenters. The second kappa shape index (κ2) is 13.8. The van der Waals surface area contributed by atoms with Crippen molar-refractivity contribution in [3.05, 3.63) is 63.6 Å². The fourth-order valence-electron chi connectivity index (χ4n) is 2.99. The van der Waals surface area contributed by atoms with Gasteiger partial charge in [0.2, 0.25) is 11.8 Å². The van der Waals surface area contributed by atoms with Crippen LogP contribution < -0.4 is 5.32 Å². The van der Waals surface area contributed by atoms with E-state index in [1.807, 2.05) is 48.5 Å². The van der Waals surface area contributed by atoms with Gasteiger partial charge in [-0.05, 0) is 67.5 Å². The van der Waals surface area contributed by atoms with E-state index in [-0.39, 0.29) is 11.8 Å². The zero-order valence-electron chi connectivity index (χ0n) is 18.1. The fourth-order valence-corrected chi connectivity index (χ4v) is 4.24. The molecule has 0 radical (unpaired) electrons. The molecule has 0 saturated heterocycles. The summed E-state index contributed by atoms with van der Waals surface area (Å²) in [6, 6.07) is 15.0. The van der Waals surface area contributed by atoms with Gasteiger partial charge >= 0.3 is 0 Å². The quantitative estimate of drug-likeness (QED) is 0.261. The van der Waals surface area contributed by atoms with Crippen LogP contribution in [0.4, 0.5) is 0 Å². The Hall–Kier alpha value is -1.50. The standard InChI is InChI=1S/C24H30BrClN2O2S/c1-3-4-15-27-24(30)18(2)28(17-19-7-9-20(25)10-8-19)23(29)6-5-16-31-22-13-11-21(26)12-14-22/h7-14,18H,3-6,15-17H2,1-2H3,(H,27,30)/t18-/m1/s1. The Balaban J connectivity index is 1.96. The van der Waals surface area contributed by atoms with E-state index in [1.165, 1.54) is 0 Å². The van der Waals surface area contributed by atoms with E-state index in [9.17, 15) is 9.59 Å². The van der Waals surface area contributed by atoms with Gasteiger partial charge in [0.25, 0.3) is 0 Å². The van der Waals surface area contributed by atoms with Crippen LogP contribution >= 0.6 is 39.3 Å². The number of unbranched alkanes of at least 4 members (excludes halogenated alkanes) is 1. The molecule has 4 nitrogen and oxygen atoms in total. The third kappa shape index (κ3) is 9.26. The normalized spacial score (nSPS) is 11.7. The average Bonchev–Trinajstić information content (AvgIpc) is 2.77. The molecule has 1 atom stereocenters. The number of carbonyl (C=O) groups excluding carboxylic acids is 2. The maximum absolute atomic E-state index is 13.1. The molecule has 7 heteroatoms. The Morgan fingerprint density at radius 2 is 1.77 bits per heavy atom. The van der Waals surface area contributed by atoms with E-state index in [2.05, 4.69) is 28.2 Å². The zero-order valence-corrected chi connectivity index (χ0v) is 21.2. The van der Waals surface area contributed by atoms with Gasteiger partial charge in [-0.2, -0.15) is 0 Å². The molecule has 31 heavy (non-hydrogen) atoms. The molecule has 0 bridgehead atoms. The number of halogens is 2. The van der Waals surface area contributed by atoms with E-state index in [1.54, 1.807) is 23.6 Å². The Labute approximate surface area is 203 Å². The summed E-state index contributed by atoms with van der Waals surface area (Å²) < 4.78 is 0.985. The number of nitrogens with zero attached hydrogens (tertiary/aromatic N) is 1. The lowest BCUT2D eigenvalue weighted by Gasteiger charge is -2.29. The Morgan fingerprint density at radius 3 is 2.42 bits per heavy atom. The van der Waals surface area contributed by atoms with Gasteiger partial charge in [0.05, 0.1) is 0 Å². The van der Waals surface area contributed by atoms with E-state index in [0.717, 1.165) is 39.9 Å². The Bertz CT molecular complexity index is 830. The number of benzene rings is 2. The van der Waals surface area contributed by atoms with E-state index in [4.69, 9.17) is 11.6 Å². The van der Waals surface area contributed by atoms with Gasteiger partial charge in [-0.15, -0.1) is 11.8 Å². The van der Waals surface area contributed by atoms with Crippen LogP contribution in [0.25, 0.3) is 0 Å². The molecule has 0 heterocycles. The summed E-state index contributed by atoms with van der Waals surface area (Å²) in [5.41, 5.74) is 1.00. The van der Waals surface area contributed by atoms with Crippen LogP contribution in [-0.4, -0.2) is 35.1 Å². The molecule has 0 saturated carbocycles. The van der Waals surface area contributed by atoms with Crippen LogP contribution in [0.1, 0.15) is 45.1 Å². The lowest BCUT2D eigenvalue weighted by atomic mass is 10.1. The molecule has 1 N–H and O–H groups in total. The topological polar surface area (TPSA) is 49.4 Å². The number of hydrogen-bond acceptors (Lipinski definition) is 3. The second-order valence-electron chi connectivity index (χ2n) is 7.37. The maximum Gasteiger partial charge on any atom is 0.242 e. The minimum Gasteiger partial charge on any atom is -0.354 e. The van der Waals surface area contributed by atoms with Gasteiger partial charge in [0.15, 0.2) is 0 Å². The summed E-state index contributed by atoms with van der Waals surface area (Å²) in [6.45, 7) is 4.94. The second-order valence-corrected chi connectivity index (χ2v) is 9.90. The van der Waals surface area contributed by atoms with Crippen molar-refractivity contribution in [3.8, 4) is 0 Å². The Morgan fingerprint density at radius 1 is 1.10 bits per heavy atom.